The highest BCUT2D eigenvalue weighted by molar-refractivity contribution is 14.0. The van der Waals surface area contributed by atoms with E-state index in [1.807, 2.05) is 6.92 Å². The molecular weight excluding hydrogens is 493 g/mol. The summed E-state index contributed by atoms with van der Waals surface area (Å²) in [5.74, 6) is 1.41. The van der Waals surface area contributed by atoms with Crippen molar-refractivity contribution in [3.05, 3.63) is 0 Å². The molecular formula is C18H40IN5O3S. The number of aliphatic imine (C=N–C) groups is 1. The van der Waals surface area contributed by atoms with Crippen LogP contribution in [0, 0.1) is 5.92 Å². The Morgan fingerprint density at radius 3 is 2.29 bits per heavy atom. The zero-order valence-corrected chi connectivity index (χ0v) is 21.0. The number of guanidine groups is 1. The molecule has 8 nitrogen and oxygen atoms in total. The van der Waals surface area contributed by atoms with Gasteiger partial charge in [-0.25, -0.2) is 13.1 Å². The molecule has 0 aromatic carbocycles. The molecule has 0 aromatic heterocycles. The highest BCUT2D eigenvalue weighted by Gasteiger charge is 2.26. The van der Waals surface area contributed by atoms with Crippen molar-refractivity contribution in [2.45, 2.75) is 46.1 Å². The second-order valence-electron chi connectivity index (χ2n) is 6.96. The van der Waals surface area contributed by atoms with Gasteiger partial charge in [-0.05, 0) is 19.3 Å². The summed E-state index contributed by atoms with van der Waals surface area (Å²) in [4.78, 5) is 7.34. The Balaban J connectivity index is 0.00000729. The maximum absolute atomic E-state index is 11.1. The number of nitrogens with zero attached hydrogens (tertiary/aromatic N) is 2. The van der Waals surface area contributed by atoms with Gasteiger partial charge in [0.1, 0.15) is 0 Å². The first-order valence-electron chi connectivity index (χ1n) is 10.2. The molecule has 1 unspecified atom stereocenters. The predicted molar refractivity (Wildman–Crippen MR) is 127 cm³/mol. The SMILES string of the molecule is CCNC(=NCC(C(CC)CC)N1CCOCC1)NCCCNS(C)(=O)=O.I. The number of sulfonamides is 1. The Hall–Kier alpha value is -0.170. The Morgan fingerprint density at radius 1 is 1.11 bits per heavy atom. The molecule has 28 heavy (non-hydrogen) atoms. The van der Waals surface area contributed by atoms with E-state index >= 15 is 0 Å². The molecule has 1 rings (SSSR count). The number of rotatable bonds is 12. The summed E-state index contributed by atoms with van der Waals surface area (Å²) in [7, 11) is -3.12. The first kappa shape index (κ1) is 27.8. The van der Waals surface area contributed by atoms with Crippen LogP contribution in [0.25, 0.3) is 0 Å². The lowest BCUT2D eigenvalue weighted by Gasteiger charge is -2.38. The molecule has 1 heterocycles. The van der Waals surface area contributed by atoms with E-state index in [4.69, 9.17) is 9.73 Å². The Bertz CT molecular complexity index is 523. The van der Waals surface area contributed by atoms with Gasteiger partial charge >= 0.3 is 0 Å². The number of nitrogens with one attached hydrogen (secondary N) is 3. The van der Waals surface area contributed by atoms with Crippen LogP contribution in [0.4, 0.5) is 0 Å². The molecule has 0 amide bonds. The fourth-order valence-corrected chi connectivity index (χ4v) is 3.90. The van der Waals surface area contributed by atoms with Crippen LogP contribution in [0.15, 0.2) is 4.99 Å². The monoisotopic (exact) mass is 533 g/mol. The minimum absolute atomic E-state index is 0. The van der Waals surface area contributed by atoms with Crippen molar-refractivity contribution < 1.29 is 13.2 Å². The minimum Gasteiger partial charge on any atom is -0.379 e. The average molecular weight is 534 g/mol. The highest BCUT2D eigenvalue weighted by Crippen LogP contribution is 2.20. The summed E-state index contributed by atoms with van der Waals surface area (Å²) in [6.45, 7) is 12.7. The van der Waals surface area contributed by atoms with E-state index in [1.54, 1.807) is 0 Å². The van der Waals surface area contributed by atoms with Crippen molar-refractivity contribution in [3.8, 4) is 0 Å². The van der Waals surface area contributed by atoms with Crippen molar-refractivity contribution >= 4 is 40.0 Å². The molecule has 0 aromatic rings. The molecule has 168 valence electrons. The van der Waals surface area contributed by atoms with Gasteiger partial charge in [0.25, 0.3) is 0 Å². The Morgan fingerprint density at radius 2 is 1.75 bits per heavy atom. The average Bonchev–Trinajstić information content (AvgIpc) is 2.64. The van der Waals surface area contributed by atoms with E-state index in [0.29, 0.717) is 31.5 Å². The first-order valence-corrected chi connectivity index (χ1v) is 12.1. The first-order chi connectivity index (χ1) is 12.9. The van der Waals surface area contributed by atoms with Crippen molar-refractivity contribution in [2.75, 3.05) is 58.7 Å². The Labute approximate surface area is 188 Å². The third-order valence-corrected chi connectivity index (χ3v) is 5.63. The lowest BCUT2D eigenvalue weighted by atomic mass is 9.92. The molecule has 10 heteroatoms. The summed E-state index contributed by atoms with van der Waals surface area (Å²) in [6, 6.07) is 0.422. The van der Waals surface area contributed by atoms with Gasteiger partial charge in [-0.3, -0.25) is 9.89 Å². The van der Waals surface area contributed by atoms with E-state index in [9.17, 15) is 8.42 Å². The van der Waals surface area contributed by atoms with Crippen molar-refractivity contribution in [3.63, 3.8) is 0 Å². The summed E-state index contributed by atoms with van der Waals surface area (Å²) in [5.41, 5.74) is 0. The van der Waals surface area contributed by atoms with Crippen molar-refractivity contribution in [1.29, 1.82) is 0 Å². The third kappa shape index (κ3) is 11.7. The Kier molecular flexibility index (Phi) is 15.5. The van der Waals surface area contributed by atoms with Gasteiger partial charge < -0.3 is 15.4 Å². The molecule has 1 atom stereocenters. The van der Waals surface area contributed by atoms with Gasteiger partial charge in [0.2, 0.25) is 10.0 Å². The molecule has 1 fully saturated rings. The van der Waals surface area contributed by atoms with Crippen molar-refractivity contribution in [1.82, 2.24) is 20.3 Å². The second kappa shape index (κ2) is 15.6. The molecule has 1 saturated heterocycles. The normalized spacial score (nSPS) is 17.2. The summed E-state index contributed by atoms with van der Waals surface area (Å²) in [6.07, 6.45) is 4.18. The molecule has 3 N–H and O–H groups in total. The van der Waals surface area contributed by atoms with Gasteiger partial charge in [0.05, 0.1) is 26.0 Å². The van der Waals surface area contributed by atoms with Gasteiger partial charge in [-0.2, -0.15) is 0 Å². The largest absolute Gasteiger partial charge is 0.379 e. The smallest absolute Gasteiger partial charge is 0.208 e. The van der Waals surface area contributed by atoms with E-state index in [1.165, 1.54) is 6.26 Å². The van der Waals surface area contributed by atoms with Crippen LogP contribution < -0.4 is 15.4 Å². The topological polar surface area (TPSA) is 95.1 Å². The summed E-state index contributed by atoms with van der Waals surface area (Å²) in [5, 5.41) is 6.58. The summed E-state index contributed by atoms with van der Waals surface area (Å²) >= 11 is 0. The number of hydrogen-bond acceptors (Lipinski definition) is 5. The number of ether oxygens (including phenoxy) is 1. The molecule has 0 bridgehead atoms. The minimum atomic E-state index is -3.12. The van der Waals surface area contributed by atoms with Crippen LogP contribution in [0.5, 0.6) is 0 Å². The number of halogens is 1. The molecule has 1 aliphatic rings. The standard InChI is InChI=1S/C18H39N5O3S.HI/c1-5-16(6-2)17(23-11-13-26-14-12-23)15-21-18(19-7-3)20-9-8-10-22-27(4,24)25;/h16-17,22H,5-15H2,1-4H3,(H2,19,20,21);1H. The molecule has 0 radical (unpaired) electrons. The van der Waals surface area contributed by atoms with Crippen LogP contribution in [-0.4, -0.2) is 84.1 Å². The van der Waals surface area contributed by atoms with E-state index in [0.717, 1.165) is 58.2 Å². The highest BCUT2D eigenvalue weighted by atomic mass is 127. The summed E-state index contributed by atoms with van der Waals surface area (Å²) < 4.78 is 30.2. The quantitative estimate of drug-likeness (QED) is 0.151. The fraction of sp³-hybridized carbons (Fsp3) is 0.944. The molecule has 0 aliphatic carbocycles. The lowest BCUT2D eigenvalue weighted by molar-refractivity contribution is 0.00395. The maximum Gasteiger partial charge on any atom is 0.208 e. The number of morpholine rings is 1. The van der Waals surface area contributed by atoms with Crippen LogP contribution in [0.2, 0.25) is 0 Å². The predicted octanol–water partition coefficient (Wildman–Crippen LogP) is 1.24. The third-order valence-electron chi connectivity index (χ3n) is 4.90. The molecule has 1 aliphatic heterocycles. The van der Waals surface area contributed by atoms with Gasteiger partial charge in [0, 0.05) is 38.8 Å². The van der Waals surface area contributed by atoms with Gasteiger partial charge in [-0.15, -0.1) is 24.0 Å². The van der Waals surface area contributed by atoms with Gasteiger partial charge in [-0.1, -0.05) is 26.7 Å². The molecule has 0 saturated carbocycles. The second-order valence-corrected chi connectivity index (χ2v) is 8.79. The number of hydrogen-bond donors (Lipinski definition) is 3. The van der Waals surface area contributed by atoms with Crippen LogP contribution in [0.1, 0.15) is 40.0 Å². The van der Waals surface area contributed by atoms with Crippen LogP contribution in [0.3, 0.4) is 0 Å². The zero-order valence-electron chi connectivity index (χ0n) is 17.9. The van der Waals surface area contributed by atoms with E-state index in [2.05, 4.69) is 34.1 Å². The zero-order chi connectivity index (χ0) is 20.1. The fourth-order valence-electron chi connectivity index (χ4n) is 3.38. The maximum atomic E-state index is 11.1. The van der Waals surface area contributed by atoms with E-state index < -0.39 is 10.0 Å². The van der Waals surface area contributed by atoms with E-state index in [-0.39, 0.29) is 24.0 Å². The van der Waals surface area contributed by atoms with Crippen molar-refractivity contribution in [2.24, 2.45) is 10.9 Å². The van der Waals surface area contributed by atoms with Crippen LogP contribution in [-0.2, 0) is 14.8 Å². The molecule has 0 spiro atoms. The van der Waals surface area contributed by atoms with Crippen LogP contribution >= 0.6 is 24.0 Å². The lowest BCUT2D eigenvalue weighted by Crippen LogP contribution is -2.49. The van der Waals surface area contributed by atoms with Gasteiger partial charge in [0.15, 0.2) is 5.96 Å².